The van der Waals surface area contributed by atoms with Gasteiger partial charge in [0, 0.05) is 11.1 Å². The van der Waals surface area contributed by atoms with Crippen molar-refractivity contribution in [2.24, 2.45) is 0 Å². The van der Waals surface area contributed by atoms with Gasteiger partial charge < -0.3 is 9.80 Å². The van der Waals surface area contributed by atoms with Gasteiger partial charge in [0.15, 0.2) is 0 Å². The van der Waals surface area contributed by atoms with E-state index in [2.05, 4.69) is 167 Å². The summed E-state index contributed by atoms with van der Waals surface area (Å²) in [6, 6.07) is 54.9. The van der Waals surface area contributed by atoms with E-state index in [-0.39, 0.29) is 11.8 Å². The summed E-state index contributed by atoms with van der Waals surface area (Å²) >= 11 is 0. The molecule has 0 saturated carbocycles. The Hall–Kier alpha value is -7.04. The van der Waals surface area contributed by atoms with Crippen molar-refractivity contribution in [2.75, 3.05) is 0 Å². The second kappa shape index (κ2) is 13.9. The Balaban J connectivity index is 1.26. The molecule has 0 unspecified atom stereocenters. The van der Waals surface area contributed by atoms with Crippen molar-refractivity contribution in [3.05, 3.63) is 213 Å². The zero-order chi connectivity index (χ0) is 39.7. The number of benzene rings is 8. The highest BCUT2D eigenvalue weighted by atomic mass is 16.2. The highest BCUT2D eigenvalue weighted by Gasteiger charge is 2.49. The molecule has 0 spiro atoms. The molecule has 0 saturated heterocycles. The maximum atomic E-state index is 15.5. The molecule has 0 N–H and O–H groups in total. The molecule has 0 aliphatic carbocycles. The molecule has 0 fully saturated rings. The summed E-state index contributed by atoms with van der Waals surface area (Å²) in [7, 11) is 0. The molecule has 58 heavy (non-hydrogen) atoms. The van der Waals surface area contributed by atoms with Gasteiger partial charge in [-0.15, -0.1) is 0 Å². The SMILES string of the molecule is Cc1cc(C)cc(CN2C(=O)C3=C(c4ccc(-c5cccc6ccccc56)c5ccccc45)N(Cc4cc(C)cc(C)c4)C(=O)C3=C2c2cccc3ccccc23)c1. The summed E-state index contributed by atoms with van der Waals surface area (Å²) in [5, 5.41) is 6.46. The Kier molecular flexibility index (Phi) is 8.45. The minimum Gasteiger partial charge on any atom is -0.302 e. The van der Waals surface area contributed by atoms with E-state index < -0.39 is 0 Å². The average Bonchev–Trinajstić information content (AvgIpc) is 3.65. The number of nitrogens with zero attached hydrogens (tertiary/aromatic N) is 2. The van der Waals surface area contributed by atoms with Gasteiger partial charge >= 0.3 is 0 Å². The van der Waals surface area contributed by atoms with Crippen LogP contribution in [-0.2, 0) is 22.7 Å². The molecule has 8 aromatic carbocycles. The second-order valence-electron chi connectivity index (χ2n) is 16.0. The number of amides is 2. The Morgan fingerprint density at radius 2 is 0.707 bits per heavy atom. The number of aryl methyl sites for hydroxylation is 4. The van der Waals surface area contributed by atoms with Crippen molar-refractivity contribution in [1.29, 1.82) is 0 Å². The van der Waals surface area contributed by atoms with Gasteiger partial charge in [0.25, 0.3) is 11.8 Å². The Bertz CT molecular complexity index is 3060. The monoisotopic (exact) mass is 750 g/mol. The van der Waals surface area contributed by atoms with E-state index in [4.69, 9.17) is 0 Å². The predicted molar refractivity (Wildman–Crippen MR) is 238 cm³/mol. The molecular weight excluding hydrogens is 709 g/mol. The Morgan fingerprint density at radius 1 is 0.362 bits per heavy atom. The van der Waals surface area contributed by atoms with Gasteiger partial charge in [0.2, 0.25) is 0 Å². The molecule has 4 heteroatoms. The second-order valence-corrected chi connectivity index (χ2v) is 16.0. The minimum atomic E-state index is -0.162. The molecule has 2 aliphatic rings. The van der Waals surface area contributed by atoms with Crippen LogP contribution in [-0.4, -0.2) is 21.6 Å². The molecule has 4 nitrogen and oxygen atoms in total. The third-order valence-corrected chi connectivity index (χ3v) is 11.7. The number of carbonyl (C=O) groups is 2. The van der Waals surface area contributed by atoms with Crippen LogP contribution in [0.25, 0.3) is 54.8 Å². The third kappa shape index (κ3) is 5.83. The topological polar surface area (TPSA) is 40.6 Å². The minimum absolute atomic E-state index is 0.162. The first-order valence-corrected chi connectivity index (χ1v) is 20.0. The van der Waals surface area contributed by atoms with Gasteiger partial charge in [-0.1, -0.05) is 180 Å². The molecule has 0 atom stereocenters. The van der Waals surface area contributed by atoms with Crippen molar-refractivity contribution in [2.45, 2.75) is 40.8 Å². The largest absolute Gasteiger partial charge is 0.302 e. The normalized spacial score (nSPS) is 14.2. The average molecular weight is 751 g/mol. The van der Waals surface area contributed by atoms with E-state index in [1.165, 1.54) is 10.8 Å². The van der Waals surface area contributed by atoms with Crippen LogP contribution in [0, 0.1) is 27.7 Å². The predicted octanol–water partition coefficient (Wildman–Crippen LogP) is 12.3. The van der Waals surface area contributed by atoms with Gasteiger partial charge in [0.1, 0.15) is 0 Å². The molecular formula is C54H42N2O2. The maximum absolute atomic E-state index is 15.5. The maximum Gasteiger partial charge on any atom is 0.261 e. The molecule has 0 bridgehead atoms. The lowest BCUT2D eigenvalue weighted by Crippen LogP contribution is -2.29. The summed E-state index contributed by atoms with van der Waals surface area (Å²) in [4.78, 5) is 34.8. The van der Waals surface area contributed by atoms with Crippen molar-refractivity contribution >= 4 is 55.5 Å². The smallest absolute Gasteiger partial charge is 0.261 e. The summed E-state index contributed by atoms with van der Waals surface area (Å²) in [5.41, 5.74) is 12.8. The van der Waals surface area contributed by atoms with Crippen LogP contribution < -0.4 is 0 Å². The number of hydrogen-bond acceptors (Lipinski definition) is 2. The number of rotatable bonds is 7. The quantitative estimate of drug-likeness (QED) is 0.163. The summed E-state index contributed by atoms with van der Waals surface area (Å²) in [6.45, 7) is 9.02. The molecule has 0 radical (unpaired) electrons. The van der Waals surface area contributed by atoms with Crippen LogP contribution in [0.5, 0.6) is 0 Å². The van der Waals surface area contributed by atoms with E-state index in [1.54, 1.807) is 0 Å². The summed E-state index contributed by atoms with van der Waals surface area (Å²) in [6.07, 6.45) is 0. The number of hydrogen-bond donors (Lipinski definition) is 0. The Morgan fingerprint density at radius 3 is 1.21 bits per heavy atom. The molecule has 280 valence electrons. The first kappa shape index (κ1) is 35.4. The van der Waals surface area contributed by atoms with E-state index in [9.17, 15) is 0 Å². The van der Waals surface area contributed by atoms with Crippen LogP contribution in [0.15, 0.2) is 169 Å². The van der Waals surface area contributed by atoms with E-state index >= 15 is 9.59 Å². The molecule has 10 rings (SSSR count). The first-order valence-electron chi connectivity index (χ1n) is 20.0. The van der Waals surface area contributed by atoms with Crippen LogP contribution in [0.2, 0.25) is 0 Å². The molecule has 8 aromatic rings. The molecule has 2 heterocycles. The third-order valence-electron chi connectivity index (χ3n) is 11.7. The van der Waals surface area contributed by atoms with Crippen LogP contribution >= 0.6 is 0 Å². The van der Waals surface area contributed by atoms with Crippen molar-refractivity contribution in [3.8, 4) is 11.1 Å². The fraction of sp³-hybridized carbons (Fsp3) is 0.111. The van der Waals surface area contributed by atoms with Gasteiger partial charge in [-0.3, -0.25) is 9.59 Å². The zero-order valence-corrected chi connectivity index (χ0v) is 33.1. The molecule has 0 aromatic heterocycles. The van der Waals surface area contributed by atoms with Gasteiger partial charge in [-0.2, -0.15) is 0 Å². The van der Waals surface area contributed by atoms with Gasteiger partial charge in [-0.25, -0.2) is 0 Å². The number of fused-ring (bicyclic) bond motifs is 4. The fourth-order valence-corrected chi connectivity index (χ4v) is 9.58. The van der Waals surface area contributed by atoms with Crippen molar-refractivity contribution in [1.82, 2.24) is 9.80 Å². The summed E-state index contributed by atoms with van der Waals surface area (Å²) < 4.78 is 0. The number of carbonyl (C=O) groups excluding carboxylic acids is 2. The highest BCUT2D eigenvalue weighted by Crippen LogP contribution is 2.50. The lowest BCUT2D eigenvalue weighted by atomic mass is 9.90. The first-order chi connectivity index (χ1) is 28.2. The van der Waals surface area contributed by atoms with E-state index in [1.807, 2.05) is 28.0 Å². The van der Waals surface area contributed by atoms with E-state index in [0.29, 0.717) is 35.6 Å². The molecule has 2 aliphatic heterocycles. The lowest BCUT2D eigenvalue weighted by molar-refractivity contribution is -0.124. The van der Waals surface area contributed by atoms with Gasteiger partial charge in [-0.05, 0) is 82.3 Å². The fourth-order valence-electron chi connectivity index (χ4n) is 9.58. The summed E-state index contributed by atoms with van der Waals surface area (Å²) in [5.74, 6) is -0.323. The van der Waals surface area contributed by atoms with E-state index in [0.717, 1.165) is 77.2 Å². The van der Waals surface area contributed by atoms with Crippen molar-refractivity contribution in [3.63, 3.8) is 0 Å². The Labute approximate surface area is 339 Å². The molecule has 2 amide bonds. The van der Waals surface area contributed by atoms with Crippen LogP contribution in [0.1, 0.15) is 44.5 Å². The van der Waals surface area contributed by atoms with Crippen LogP contribution in [0.4, 0.5) is 0 Å². The highest BCUT2D eigenvalue weighted by molar-refractivity contribution is 6.31. The zero-order valence-electron chi connectivity index (χ0n) is 33.1. The van der Waals surface area contributed by atoms with Gasteiger partial charge in [0.05, 0.1) is 35.6 Å². The van der Waals surface area contributed by atoms with Crippen molar-refractivity contribution < 1.29 is 9.59 Å². The lowest BCUT2D eigenvalue weighted by Gasteiger charge is -2.27. The van der Waals surface area contributed by atoms with Crippen LogP contribution in [0.3, 0.4) is 0 Å². The standard InChI is InChI=1S/C54H42N2O2/c1-33-25-34(2)28-37(27-33)31-55-51(47-22-12-16-40-14-6-8-18-42(40)47)49-50(54(55)58)52(56(53(49)57)32-38-29-35(3)26-36(4)30-38)48-24-23-46(44-19-9-10-20-45(44)48)43-21-11-15-39-13-5-7-17-41(39)43/h5-30H,31-32H2,1-4H3.